The number of halogens is 2. The van der Waals surface area contributed by atoms with Gasteiger partial charge in [0.15, 0.2) is 0 Å². The topological polar surface area (TPSA) is 33.2 Å². The number of aromatic nitrogens is 1. The Morgan fingerprint density at radius 2 is 1.90 bits per heavy atom. The molecule has 3 nitrogen and oxygen atoms in total. The van der Waals surface area contributed by atoms with Crippen molar-refractivity contribution >= 4 is 34.8 Å². The predicted octanol–water partition coefficient (Wildman–Crippen LogP) is 4.36. The highest BCUT2D eigenvalue weighted by molar-refractivity contribution is 6.35. The van der Waals surface area contributed by atoms with Crippen molar-refractivity contribution < 1.29 is 4.79 Å². The second kappa shape index (κ2) is 6.25. The van der Waals surface area contributed by atoms with Gasteiger partial charge in [-0.15, -0.1) is 0 Å². The molecular weight excluding hydrogens is 295 g/mol. The van der Waals surface area contributed by atoms with Crippen LogP contribution in [0.25, 0.3) is 0 Å². The van der Waals surface area contributed by atoms with Crippen LogP contribution in [0.1, 0.15) is 22.8 Å². The zero-order chi connectivity index (χ0) is 14.7. The van der Waals surface area contributed by atoms with Gasteiger partial charge < -0.3 is 4.90 Å². The van der Waals surface area contributed by atoms with Crippen molar-refractivity contribution in [1.82, 2.24) is 4.98 Å². The number of hydrogen-bond donors (Lipinski definition) is 0. The van der Waals surface area contributed by atoms with Gasteiger partial charge in [0.25, 0.3) is 5.91 Å². The van der Waals surface area contributed by atoms with Crippen LogP contribution in [0.2, 0.25) is 10.0 Å². The van der Waals surface area contributed by atoms with Crippen LogP contribution in [0.5, 0.6) is 0 Å². The number of pyridine rings is 1. The second-order valence-corrected chi connectivity index (χ2v) is 5.24. The van der Waals surface area contributed by atoms with E-state index in [1.54, 1.807) is 41.6 Å². The van der Waals surface area contributed by atoms with E-state index in [0.717, 1.165) is 5.56 Å². The molecular formula is C15H14Cl2N2O. The summed E-state index contributed by atoms with van der Waals surface area (Å²) in [6, 6.07) is 6.81. The Morgan fingerprint density at radius 3 is 2.45 bits per heavy atom. The van der Waals surface area contributed by atoms with E-state index in [1.165, 1.54) is 0 Å². The molecule has 2 aromatic rings. The summed E-state index contributed by atoms with van der Waals surface area (Å²) in [4.78, 5) is 18.3. The molecule has 0 aliphatic carbocycles. The fraction of sp³-hybridized carbons (Fsp3) is 0.200. The van der Waals surface area contributed by atoms with Crippen LogP contribution in [0.4, 0.5) is 5.69 Å². The Balaban J connectivity index is 2.42. The molecule has 0 saturated heterocycles. The van der Waals surface area contributed by atoms with Crippen LogP contribution < -0.4 is 4.90 Å². The van der Waals surface area contributed by atoms with E-state index in [2.05, 4.69) is 4.98 Å². The molecule has 1 heterocycles. The summed E-state index contributed by atoms with van der Waals surface area (Å²) in [7, 11) is 0. The van der Waals surface area contributed by atoms with E-state index >= 15 is 0 Å². The summed E-state index contributed by atoms with van der Waals surface area (Å²) in [5, 5.41) is 1.01. The minimum atomic E-state index is -0.0919. The van der Waals surface area contributed by atoms with Crippen molar-refractivity contribution in [2.24, 2.45) is 0 Å². The van der Waals surface area contributed by atoms with Crippen LogP contribution in [0.3, 0.4) is 0 Å². The zero-order valence-corrected chi connectivity index (χ0v) is 12.7. The first kappa shape index (κ1) is 14.8. The lowest BCUT2D eigenvalue weighted by atomic mass is 10.1. The number of anilines is 1. The van der Waals surface area contributed by atoms with Crippen molar-refractivity contribution in [3.63, 3.8) is 0 Å². The van der Waals surface area contributed by atoms with Gasteiger partial charge in [-0.2, -0.15) is 0 Å². The van der Waals surface area contributed by atoms with Gasteiger partial charge in [0.2, 0.25) is 0 Å². The second-order valence-electron chi connectivity index (χ2n) is 4.37. The summed E-state index contributed by atoms with van der Waals surface area (Å²) in [6.45, 7) is 4.29. The third-order valence-corrected chi connectivity index (χ3v) is 3.41. The van der Waals surface area contributed by atoms with E-state index < -0.39 is 0 Å². The van der Waals surface area contributed by atoms with Crippen LogP contribution in [-0.4, -0.2) is 17.4 Å². The molecule has 0 bridgehead atoms. The molecule has 0 unspecified atom stereocenters. The van der Waals surface area contributed by atoms with Gasteiger partial charge in [0.1, 0.15) is 0 Å². The first-order valence-corrected chi connectivity index (χ1v) is 6.97. The van der Waals surface area contributed by atoms with E-state index in [4.69, 9.17) is 23.2 Å². The Bertz CT molecular complexity index is 623. The third kappa shape index (κ3) is 3.11. The van der Waals surface area contributed by atoms with Gasteiger partial charge in [0.05, 0.1) is 0 Å². The molecule has 0 aliphatic heterocycles. The molecule has 0 spiro atoms. The quantitative estimate of drug-likeness (QED) is 0.844. The van der Waals surface area contributed by atoms with Crippen LogP contribution in [0, 0.1) is 6.92 Å². The number of carbonyl (C=O) groups excluding carboxylic acids is 1. The van der Waals surface area contributed by atoms with Gasteiger partial charge >= 0.3 is 0 Å². The lowest BCUT2D eigenvalue weighted by molar-refractivity contribution is 0.0987. The van der Waals surface area contributed by atoms with Crippen molar-refractivity contribution in [3.05, 3.63) is 57.8 Å². The summed E-state index contributed by atoms with van der Waals surface area (Å²) >= 11 is 12.0. The van der Waals surface area contributed by atoms with Gasteiger partial charge in [-0.1, -0.05) is 23.2 Å². The lowest BCUT2D eigenvalue weighted by Crippen LogP contribution is -2.31. The monoisotopic (exact) mass is 308 g/mol. The Hall–Kier alpha value is -1.58. The number of benzene rings is 1. The van der Waals surface area contributed by atoms with E-state index in [1.807, 2.05) is 13.8 Å². The summed E-state index contributed by atoms with van der Waals surface area (Å²) in [5.74, 6) is -0.0919. The maximum atomic E-state index is 12.6. The number of amides is 1. The largest absolute Gasteiger partial charge is 0.309 e. The predicted molar refractivity (Wildman–Crippen MR) is 82.8 cm³/mol. The smallest absolute Gasteiger partial charge is 0.258 e. The Kier molecular flexibility index (Phi) is 4.63. The number of aryl methyl sites for hydroxylation is 1. The zero-order valence-electron chi connectivity index (χ0n) is 11.2. The molecule has 104 valence electrons. The van der Waals surface area contributed by atoms with Crippen LogP contribution in [0.15, 0.2) is 36.7 Å². The normalized spacial score (nSPS) is 10.4. The molecule has 0 fully saturated rings. The molecule has 0 radical (unpaired) electrons. The van der Waals surface area contributed by atoms with Crippen molar-refractivity contribution in [2.75, 3.05) is 11.4 Å². The summed E-state index contributed by atoms with van der Waals surface area (Å²) in [6.07, 6.45) is 3.28. The molecule has 0 atom stereocenters. The molecule has 0 saturated carbocycles. The first-order valence-electron chi connectivity index (χ1n) is 6.21. The highest BCUT2D eigenvalue weighted by Crippen LogP contribution is 2.26. The van der Waals surface area contributed by atoms with Gasteiger partial charge in [-0.3, -0.25) is 9.78 Å². The highest BCUT2D eigenvalue weighted by Gasteiger charge is 2.18. The molecule has 5 heteroatoms. The third-order valence-electron chi connectivity index (χ3n) is 2.97. The van der Waals surface area contributed by atoms with Crippen molar-refractivity contribution in [3.8, 4) is 0 Å². The van der Waals surface area contributed by atoms with Gasteiger partial charge in [-0.05, 0) is 43.7 Å². The molecule has 0 aliphatic rings. The summed E-state index contributed by atoms with van der Waals surface area (Å²) in [5.41, 5.74) is 2.15. The Morgan fingerprint density at radius 1 is 1.25 bits per heavy atom. The molecule has 1 aromatic heterocycles. The fourth-order valence-corrected chi connectivity index (χ4v) is 2.51. The SMILES string of the molecule is CCN(C(=O)c1ccncc1C)c1cc(Cl)cc(Cl)c1. The molecule has 20 heavy (non-hydrogen) atoms. The molecule has 1 amide bonds. The highest BCUT2D eigenvalue weighted by atomic mass is 35.5. The Labute approximate surface area is 128 Å². The number of hydrogen-bond acceptors (Lipinski definition) is 2. The fourth-order valence-electron chi connectivity index (χ4n) is 2.00. The first-order chi connectivity index (χ1) is 9.52. The van der Waals surface area contributed by atoms with Crippen molar-refractivity contribution in [1.29, 1.82) is 0 Å². The number of rotatable bonds is 3. The minimum Gasteiger partial charge on any atom is -0.309 e. The minimum absolute atomic E-state index is 0.0919. The van der Waals surface area contributed by atoms with E-state index in [-0.39, 0.29) is 5.91 Å². The maximum Gasteiger partial charge on any atom is 0.258 e. The van der Waals surface area contributed by atoms with Crippen LogP contribution >= 0.6 is 23.2 Å². The van der Waals surface area contributed by atoms with Crippen LogP contribution in [-0.2, 0) is 0 Å². The molecule has 0 N–H and O–H groups in total. The average Bonchev–Trinajstić information content (AvgIpc) is 2.38. The molecule has 2 rings (SSSR count). The standard InChI is InChI=1S/C15H14Cl2N2O/c1-3-19(13-7-11(16)6-12(17)8-13)15(20)14-4-5-18-9-10(14)2/h4-9H,3H2,1-2H3. The van der Waals surface area contributed by atoms with E-state index in [9.17, 15) is 4.79 Å². The van der Waals surface area contributed by atoms with E-state index in [0.29, 0.717) is 27.8 Å². The maximum absolute atomic E-state index is 12.6. The van der Waals surface area contributed by atoms with Gasteiger partial charge in [-0.25, -0.2) is 0 Å². The number of carbonyl (C=O) groups is 1. The van der Waals surface area contributed by atoms with Gasteiger partial charge in [0, 0.05) is 40.2 Å². The lowest BCUT2D eigenvalue weighted by Gasteiger charge is -2.22. The summed E-state index contributed by atoms with van der Waals surface area (Å²) < 4.78 is 0. The van der Waals surface area contributed by atoms with Crippen molar-refractivity contribution in [2.45, 2.75) is 13.8 Å². The average molecular weight is 309 g/mol. The number of nitrogens with zero attached hydrogens (tertiary/aromatic N) is 2. The molecule has 1 aromatic carbocycles.